The Morgan fingerprint density at radius 2 is 1.84 bits per heavy atom. The summed E-state index contributed by atoms with van der Waals surface area (Å²) in [7, 11) is 0. The quantitative estimate of drug-likeness (QED) is 0.862. The number of ether oxygens (including phenoxy) is 1. The molecular formula is C18H18ClN3O3. The van der Waals surface area contributed by atoms with E-state index in [4.69, 9.17) is 16.3 Å². The van der Waals surface area contributed by atoms with Crippen molar-refractivity contribution in [2.45, 2.75) is 13.3 Å². The van der Waals surface area contributed by atoms with Gasteiger partial charge >= 0.3 is 6.03 Å². The Hall–Kier alpha value is -2.73. The van der Waals surface area contributed by atoms with E-state index in [2.05, 4.69) is 10.6 Å². The third kappa shape index (κ3) is 4.03. The molecule has 3 rings (SSSR count). The van der Waals surface area contributed by atoms with Gasteiger partial charge in [-0.15, -0.1) is 0 Å². The van der Waals surface area contributed by atoms with E-state index in [1.165, 1.54) is 0 Å². The minimum Gasteiger partial charge on any atom is -0.481 e. The lowest BCUT2D eigenvalue weighted by atomic mass is 10.2. The van der Waals surface area contributed by atoms with Crippen molar-refractivity contribution in [2.24, 2.45) is 0 Å². The Bertz CT molecular complexity index is 793. The van der Waals surface area contributed by atoms with Gasteiger partial charge in [0.15, 0.2) is 6.61 Å². The minimum atomic E-state index is -0.375. The number of benzene rings is 2. The number of nitrogens with zero attached hydrogens (tertiary/aromatic N) is 1. The van der Waals surface area contributed by atoms with Gasteiger partial charge < -0.3 is 20.3 Å². The lowest BCUT2D eigenvalue weighted by Crippen LogP contribution is -2.39. The molecule has 0 atom stereocenters. The number of carbonyl (C=O) groups is 2. The molecule has 25 heavy (non-hydrogen) atoms. The van der Waals surface area contributed by atoms with Crippen LogP contribution in [0.3, 0.4) is 0 Å². The molecule has 0 aliphatic carbocycles. The largest absolute Gasteiger partial charge is 0.481 e. The normalized spacial score (nSPS) is 13.0. The van der Waals surface area contributed by atoms with Crippen LogP contribution >= 0.6 is 11.6 Å². The second-order valence-electron chi connectivity index (χ2n) is 5.60. The number of carbonyl (C=O) groups excluding carboxylic acids is 2. The van der Waals surface area contributed by atoms with E-state index in [0.717, 1.165) is 12.1 Å². The van der Waals surface area contributed by atoms with Gasteiger partial charge in [0.2, 0.25) is 0 Å². The van der Waals surface area contributed by atoms with Crippen LogP contribution in [0.5, 0.6) is 5.75 Å². The van der Waals surface area contributed by atoms with Gasteiger partial charge in [-0.05, 0) is 42.8 Å². The molecular weight excluding hydrogens is 342 g/mol. The predicted octanol–water partition coefficient (Wildman–Crippen LogP) is 4.12. The lowest BCUT2D eigenvalue weighted by molar-refractivity contribution is -0.121. The van der Waals surface area contributed by atoms with Gasteiger partial charge in [0.25, 0.3) is 5.91 Å². The van der Waals surface area contributed by atoms with Crippen molar-refractivity contribution in [1.29, 1.82) is 0 Å². The van der Waals surface area contributed by atoms with Crippen LogP contribution in [0, 0.1) is 0 Å². The average molecular weight is 360 g/mol. The van der Waals surface area contributed by atoms with Crippen LogP contribution in [0.15, 0.2) is 42.5 Å². The summed E-state index contributed by atoms with van der Waals surface area (Å²) in [5.41, 5.74) is 1.94. The Balaban J connectivity index is 1.70. The van der Waals surface area contributed by atoms with Crippen molar-refractivity contribution in [3.63, 3.8) is 0 Å². The number of hydrogen-bond donors (Lipinski definition) is 2. The predicted molar refractivity (Wildman–Crippen MR) is 98.7 cm³/mol. The number of halogens is 1. The van der Waals surface area contributed by atoms with Crippen molar-refractivity contribution in [3.05, 3.63) is 47.5 Å². The van der Waals surface area contributed by atoms with Crippen molar-refractivity contribution in [1.82, 2.24) is 0 Å². The molecule has 6 nitrogen and oxygen atoms in total. The summed E-state index contributed by atoms with van der Waals surface area (Å²) >= 11 is 5.82. The molecule has 130 valence electrons. The summed E-state index contributed by atoms with van der Waals surface area (Å²) in [6.45, 7) is 2.66. The van der Waals surface area contributed by atoms with E-state index >= 15 is 0 Å². The molecule has 2 aromatic carbocycles. The van der Waals surface area contributed by atoms with Crippen LogP contribution < -0.4 is 20.3 Å². The van der Waals surface area contributed by atoms with E-state index in [9.17, 15) is 9.59 Å². The fraction of sp³-hybridized carbons (Fsp3) is 0.222. The zero-order valence-corrected chi connectivity index (χ0v) is 14.5. The molecule has 2 aromatic rings. The van der Waals surface area contributed by atoms with Gasteiger partial charge in [0.05, 0.1) is 5.69 Å². The van der Waals surface area contributed by atoms with Gasteiger partial charge in [-0.1, -0.05) is 18.5 Å². The fourth-order valence-corrected chi connectivity index (χ4v) is 2.70. The number of fused-ring (bicyclic) bond motifs is 1. The molecule has 0 aromatic heterocycles. The summed E-state index contributed by atoms with van der Waals surface area (Å²) in [5.74, 6) is 0.521. The number of hydrogen-bond acceptors (Lipinski definition) is 3. The highest BCUT2D eigenvalue weighted by Crippen LogP contribution is 2.34. The fourth-order valence-electron chi connectivity index (χ4n) is 2.58. The molecule has 0 saturated carbocycles. The lowest BCUT2D eigenvalue weighted by Gasteiger charge is -2.29. The second kappa shape index (κ2) is 7.44. The number of anilines is 3. The van der Waals surface area contributed by atoms with Gasteiger partial charge in [0, 0.05) is 29.0 Å². The Morgan fingerprint density at radius 1 is 1.16 bits per heavy atom. The highest BCUT2D eigenvalue weighted by atomic mass is 35.5. The maximum atomic E-state index is 12.1. The summed E-state index contributed by atoms with van der Waals surface area (Å²) in [4.78, 5) is 25.7. The van der Waals surface area contributed by atoms with Crippen molar-refractivity contribution in [2.75, 3.05) is 28.7 Å². The molecule has 0 saturated heterocycles. The van der Waals surface area contributed by atoms with E-state index in [1.807, 2.05) is 6.92 Å². The zero-order valence-electron chi connectivity index (χ0n) is 13.7. The second-order valence-corrected chi connectivity index (χ2v) is 6.04. The van der Waals surface area contributed by atoms with Crippen molar-refractivity contribution in [3.8, 4) is 5.75 Å². The molecule has 3 amide bonds. The molecule has 0 spiro atoms. The first-order valence-electron chi connectivity index (χ1n) is 7.97. The summed E-state index contributed by atoms with van der Waals surface area (Å²) < 4.78 is 5.49. The molecule has 7 heteroatoms. The highest BCUT2D eigenvalue weighted by molar-refractivity contribution is 6.30. The van der Waals surface area contributed by atoms with Crippen molar-refractivity contribution >= 4 is 40.6 Å². The molecule has 0 unspecified atom stereocenters. The van der Waals surface area contributed by atoms with Crippen LogP contribution in [0.2, 0.25) is 5.02 Å². The van der Waals surface area contributed by atoms with Crippen LogP contribution in [0.25, 0.3) is 0 Å². The Kier molecular flexibility index (Phi) is 5.09. The van der Waals surface area contributed by atoms with E-state index in [0.29, 0.717) is 28.7 Å². The third-order valence-electron chi connectivity index (χ3n) is 3.71. The topological polar surface area (TPSA) is 70.7 Å². The summed E-state index contributed by atoms with van der Waals surface area (Å²) in [6.07, 6.45) is 0.856. The molecule has 0 radical (unpaired) electrons. The van der Waals surface area contributed by atoms with Crippen molar-refractivity contribution < 1.29 is 14.3 Å². The zero-order chi connectivity index (χ0) is 17.8. The van der Waals surface area contributed by atoms with Crippen LogP contribution in [-0.2, 0) is 4.79 Å². The third-order valence-corrected chi connectivity index (χ3v) is 3.96. The molecule has 0 fully saturated rings. The van der Waals surface area contributed by atoms with Crippen LogP contribution in [0.1, 0.15) is 13.3 Å². The number of amides is 3. The maximum absolute atomic E-state index is 12.1. The molecule has 1 heterocycles. The number of rotatable bonds is 4. The smallest absolute Gasteiger partial charge is 0.323 e. The van der Waals surface area contributed by atoms with Crippen LogP contribution in [0.4, 0.5) is 21.9 Å². The van der Waals surface area contributed by atoms with Gasteiger partial charge in [-0.3, -0.25) is 4.79 Å². The first-order valence-corrected chi connectivity index (χ1v) is 8.35. The van der Waals surface area contributed by atoms with Gasteiger partial charge in [0.1, 0.15) is 5.75 Å². The molecule has 1 aliphatic heterocycles. The number of urea groups is 1. The standard InChI is InChI=1S/C18H18ClN3O3/c1-2-9-22-15-8-7-14(10-16(15)25-11-17(22)23)21-18(24)20-13-5-3-12(19)4-6-13/h3-8,10H,2,9,11H2,1H3,(H2,20,21,24). The monoisotopic (exact) mass is 359 g/mol. The Labute approximate surface area is 150 Å². The first-order chi connectivity index (χ1) is 12.1. The number of nitrogens with one attached hydrogen (secondary N) is 2. The van der Waals surface area contributed by atoms with E-state index in [-0.39, 0.29) is 18.5 Å². The summed E-state index contributed by atoms with van der Waals surface area (Å²) in [5, 5.41) is 6.07. The average Bonchev–Trinajstić information content (AvgIpc) is 2.59. The highest BCUT2D eigenvalue weighted by Gasteiger charge is 2.25. The maximum Gasteiger partial charge on any atom is 0.323 e. The van der Waals surface area contributed by atoms with E-state index < -0.39 is 0 Å². The molecule has 1 aliphatic rings. The van der Waals surface area contributed by atoms with Crippen LogP contribution in [-0.4, -0.2) is 25.1 Å². The molecule has 0 bridgehead atoms. The van der Waals surface area contributed by atoms with E-state index in [1.54, 1.807) is 47.4 Å². The minimum absolute atomic E-state index is 0.00737. The first kappa shape index (κ1) is 17.1. The Morgan fingerprint density at radius 3 is 2.56 bits per heavy atom. The SMILES string of the molecule is CCCN1C(=O)COc2cc(NC(=O)Nc3ccc(Cl)cc3)ccc21. The molecule has 2 N–H and O–H groups in total. The van der Waals surface area contributed by atoms with Gasteiger partial charge in [-0.25, -0.2) is 4.79 Å². The van der Waals surface area contributed by atoms with Gasteiger partial charge in [-0.2, -0.15) is 0 Å². The summed E-state index contributed by atoms with van der Waals surface area (Å²) in [6, 6.07) is 11.7.